The van der Waals surface area contributed by atoms with E-state index in [1.807, 2.05) is 0 Å². The number of aliphatic hydroxyl groups excluding tert-OH is 1. The first kappa shape index (κ1) is 11.0. The van der Waals surface area contributed by atoms with Crippen LogP contribution in [-0.4, -0.2) is 11.2 Å². The normalized spacial score (nSPS) is 30.9. The van der Waals surface area contributed by atoms with E-state index >= 15 is 0 Å². The van der Waals surface area contributed by atoms with Crippen LogP contribution in [0.4, 0.5) is 0 Å². The van der Waals surface area contributed by atoms with Gasteiger partial charge in [0.1, 0.15) is 0 Å². The fourth-order valence-corrected chi connectivity index (χ4v) is 2.31. The van der Waals surface area contributed by atoms with Crippen molar-refractivity contribution in [2.75, 3.05) is 0 Å². The number of aliphatic hydroxyl groups is 1. The zero-order valence-corrected chi connectivity index (χ0v) is 9.51. The summed E-state index contributed by atoms with van der Waals surface area (Å²) in [4.78, 5) is 0. The maximum absolute atomic E-state index is 9.62. The second-order valence-corrected chi connectivity index (χ2v) is 5.49. The van der Waals surface area contributed by atoms with Gasteiger partial charge >= 0.3 is 0 Å². The molecule has 1 saturated carbocycles. The van der Waals surface area contributed by atoms with E-state index in [1.54, 1.807) is 0 Å². The van der Waals surface area contributed by atoms with Gasteiger partial charge in [0.25, 0.3) is 0 Å². The van der Waals surface area contributed by atoms with E-state index in [-0.39, 0.29) is 6.10 Å². The average Bonchev–Trinajstić information content (AvgIpc) is 2.04. The molecule has 1 rings (SSSR count). The largest absolute Gasteiger partial charge is 0.393 e. The highest BCUT2D eigenvalue weighted by Gasteiger charge is 2.35. The van der Waals surface area contributed by atoms with E-state index in [0.717, 1.165) is 18.8 Å². The van der Waals surface area contributed by atoms with Gasteiger partial charge < -0.3 is 5.11 Å². The molecule has 0 aliphatic heterocycles. The average molecular weight is 184 g/mol. The topological polar surface area (TPSA) is 20.2 Å². The number of hydrogen-bond donors (Lipinski definition) is 1. The van der Waals surface area contributed by atoms with Gasteiger partial charge in [0.15, 0.2) is 0 Å². The predicted octanol–water partition coefficient (Wildman–Crippen LogP) is 3.22. The van der Waals surface area contributed by atoms with Gasteiger partial charge in [0.2, 0.25) is 0 Å². The van der Waals surface area contributed by atoms with Gasteiger partial charge in [0, 0.05) is 0 Å². The smallest absolute Gasteiger partial charge is 0.0543 e. The molecule has 78 valence electrons. The Morgan fingerprint density at radius 1 is 1.23 bits per heavy atom. The fraction of sp³-hybridized carbons (Fsp3) is 1.00. The van der Waals surface area contributed by atoms with Gasteiger partial charge in [-0.25, -0.2) is 0 Å². The van der Waals surface area contributed by atoms with Crippen LogP contribution in [0.15, 0.2) is 0 Å². The lowest BCUT2D eigenvalue weighted by molar-refractivity contribution is 0.0296. The monoisotopic (exact) mass is 184 g/mol. The first-order valence-corrected chi connectivity index (χ1v) is 5.62. The molecule has 2 atom stereocenters. The Kier molecular flexibility index (Phi) is 3.39. The maximum Gasteiger partial charge on any atom is 0.0543 e. The fourth-order valence-electron chi connectivity index (χ4n) is 2.31. The van der Waals surface area contributed by atoms with Crippen LogP contribution < -0.4 is 0 Å². The molecule has 0 heterocycles. The summed E-state index contributed by atoms with van der Waals surface area (Å²) in [5.74, 6) is 1.43. The third-order valence-corrected chi connectivity index (χ3v) is 4.19. The minimum atomic E-state index is -0.0308. The van der Waals surface area contributed by atoms with Crippen LogP contribution in [0.1, 0.15) is 53.4 Å². The lowest BCUT2D eigenvalue weighted by Gasteiger charge is -2.41. The Balaban J connectivity index is 2.59. The van der Waals surface area contributed by atoms with Crippen LogP contribution in [0.5, 0.6) is 0 Å². The lowest BCUT2D eigenvalue weighted by Crippen LogP contribution is -2.34. The quantitative estimate of drug-likeness (QED) is 0.698. The SMILES string of the molecule is CC(C)C(C)(C)C1CCCC(O)C1. The van der Waals surface area contributed by atoms with Crippen LogP contribution in [0, 0.1) is 17.3 Å². The van der Waals surface area contributed by atoms with Gasteiger partial charge in [-0.15, -0.1) is 0 Å². The molecule has 0 radical (unpaired) electrons. The third kappa shape index (κ3) is 2.46. The summed E-state index contributed by atoms with van der Waals surface area (Å²) in [5.41, 5.74) is 0.390. The molecule has 2 unspecified atom stereocenters. The highest BCUT2D eigenvalue weighted by Crippen LogP contribution is 2.42. The zero-order chi connectivity index (χ0) is 10.1. The molecule has 0 bridgehead atoms. The van der Waals surface area contributed by atoms with E-state index in [4.69, 9.17) is 0 Å². The van der Waals surface area contributed by atoms with Crippen molar-refractivity contribution in [3.8, 4) is 0 Å². The van der Waals surface area contributed by atoms with Gasteiger partial charge in [-0.05, 0) is 36.5 Å². The van der Waals surface area contributed by atoms with Crippen molar-refractivity contribution in [3.05, 3.63) is 0 Å². The molecule has 0 aromatic rings. The number of hydrogen-bond acceptors (Lipinski definition) is 1. The molecule has 0 aromatic heterocycles. The van der Waals surface area contributed by atoms with Crippen molar-refractivity contribution in [1.29, 1.82) is 0 Å². The molecule has 1 heteroatoms. The molecule has 1 fully saturated rings. The molecule has 1 nitrogen and oxygen atoms in total. The van der Waals surface area contributed by atoms with E-state index < -0.39 is 0 Å². The van der Waals surface area contributed by atoms with Crippen LogP contribution >= 0.6 is 0 Å². The highest BCUT2D eigenvalue weighted by atomic mass is 16.3. The van der Waals surface area contributed by atoms with Gasteiger partial charge in [0.05, 0.1) is 6.10 Å². The zero-order valence-electron chi connectivity index (χ0n) is 9.51. The van der Waals surface area contributed by atoms with Crippen LogP contribution in [0.3, 0.4) is 0 Å². The van der Waals surface area contributed by atoms with E-state index in [2.05, 4.69) is 27.7 Å². The van der Waals surface area contributed by atoms with Crippen LogP contribution in [0.25, 0.3) is 0 Å². The van der Waals surface area contributed by atoms with E-state index in [1.165, 1.54) is 12.8 Å². The Bertz CT molecular complexity index is 161. The Morgan fingerprint density at radius 3 is 2.31 bits per heavy atom. The summed E-state index contributed by atoms with van der Waals surface area (Å²) in [6, 6.07) is 0. The van der Waals surface area contributed by atoms with Crippen molar-refractivity contribution in [1.82, 2.24) is 0 Å². The maximum atomic E-state index is 9.62. The summed E-state index contributed by atoms with van der Waals surface area (Å²) in [5, 5.41) is 9.62. The molecule has 1 aliphatic rings. The van der Waals surface area contributed by atoms with Crippen molar-refractivity contribution >= 4 is 0 Å². The van der Waals surface area contributed by atoms with Gasteiger partial charge in [-0.2, -0.15) is 0 Å². The van der Waals surface area contributed by atoms with E-state index in [0.29, 0.717) is 11.3 Å². The molecule has 1 aliphatic carbocycles. The third-order valence-electron chi connectivity index (χ3n) is 4.19. The predicted molar refractivity (Wildman–Crippen MR) is 56.6 cm³/mol. The number of rotatable bonds is 2. The van der Waals surface area contributed by atoms with Crippen LogP contribution in [0.2, 0.25) is 0 Å². The highest BCUT2D eigenvalue weighted by molar-refractivity contribution is 4.85. The van der Waals surface area contributed by atoms with Crippen molar-refractivity contribution < 1.29 is 5.11 Å². The summed E-state index contributed by atoms with van der Waals surface area (Å²) in [7, 11) is 0. The molecule has 0 spiro atoms. The lowest BCUT2D eigenvalue weighted by atomic mass is 9.65. The molecule has 0 aromatic carbocycles. The summed E-state index contributed by atoms with van der Waals surface area (Å²) in [6.45, 7) is 9.28. The molecule has 13 heavy (non-hydrogen) atoms. The summed E-state index contributed by atoms with van der Waals surface area (Å²) >= 11 is 0. The standard InChI is InChI=1S/C12H24O/c1-9(2)12(3,4)10-6-5-7-11(13)8-10/h9-11,13H,5-8H2,1-4H3. The Labute approximate surface area is 82.5 Å². The second kappa shape index (κ2) is 4.00. The Hall–Kier alpha value is -0.0400. The Morgan fingerprint density at radius 2 is 1.85 bits per heavy atom. The van der Waals surface area contributed by atoms with Crippen molar-refractivity contribution in [2.24, 2.45) is 17.3 Å². The van der Waals surface area contributed by atoms with Gasteiger partial charge in [-0.1, -0.05) is 34.1 Å². The minimum absolute atomic E-state index is 0.0308. The molecule has 1 N–H and O–H groups in total. The summed E-state index contributed by atoms with van der Waals surface area (Å²) in [6.07, 6.45) is 4.52. The minimum Gasteiger partial charge on any atom is -0.393 e. The van der Waals surface area contributed by atoms with Gasteiger partial charge in [-0.3, -0.25) is 0 Å². The van der Waals surface area contributed by atoms with Crippen LogP contribution in [-0.2, 0) is 0 Å². The van der Waals surface area contributed by atoms with E-state index in [9.17, 15) is 5.11 Å². The second-order valence-electron chi connectivity index (χ2n) is 5.49. The first-order chi connectivity index (χ1) is 5.94. The van der Waals surface area contributed by atoms with Crippen molar-refractivity contribution in [3.63, 3.8) is 0 Å². The molecule has 0 amide bonds. The summed E-state index contributed by atoms with van der Waals surface area (Å²) < 4.78 is 0. The molecular formula is C12H24O. The molecule has 0 saturated heterocycles. The van der Waals surface area contributed by atoms with Crippen molar-refractivity contribution in [2.45, 2.75) is 59.5 Å². The first-order valence-electron chi connectivity index (χ1n) is 5.62. The molecular weight excluding hydrogens is 160 g/mol.